The Morgan fingerprint density at radius 3 is 2.83 bits per heavy atom. The number of nitriles is 1. The average Bonchev–Trinajstić information content (AvgIpc) is 2.97. The van der Waals surface area contributed by atoms with Gasteiger partial charge in [0.05, 0.1) is 6.42 Å². The summed E-state index contributed by atoms with van der Waals surface area (Å²) in [6.45, 7) is 0.161. The van der Waals surface area contributed by atoms with Crippen molar-refractivity contribution in [3.63, 3.8) is 0 Å². The first-order valence-electron chi connectivity index (χ1n) is 7.04. The molecule has 114 valence electrons. The van der Waals surface area contributed by atoms with E-state index in [2.05, 4.69) is 10.3 Å². The minimum absolute atomic E-state index is 0.0742. The van der Waals surface area contributed by atoms with E-state index < -0.39 is 5.97 Å². The van der Waals surface area contributed by atoms with Crippen molar-refractivity contribution in [2.45, 2.75) is 6.42 Å². The Kier molecular flexibility index (Phi) is 3.93. The quantitative estimate of drug-likeness (QED) is 0.750. The van der Waals surface area contributed by atoms with Gasteiger partial charge < -0.3 is 14.8 Å². The van der Waals surface area contributed by atoms with Crippen LogP contribution in [0.4, 0.5) is 5.88 Å². The van der Waals surface area contributed by atoms with Crippen molar-refractivity contribution >= 4 is 22.6 Å². The van der Waals surface area contributed by atoms with Crippen molar-refractivity contribution in [3.8, 4) is 17.5 Å². The van der Waals surface area contributed by atoms with Crippen LogP contribution in [-0.4, -0.2) is 22.6 Å². The van der Waals surface area contributed by atoms with Gasteiger partial charge in [0.1, 0.15) is 6.07 Å². The molecule has 6 heteroatoms. The molecular weight excluding hydrogens is 294 g/mol. The van der Waals surface area contributed by atoms with Gasteiger partial charge in [0.15, 0.2) is 0 Å². The molecule has 0 aliphatic heterocycles. The van der Waals surface area contributed by atoms with Crippen LogP contribution in [0.1, 0.15) is 12.1 Å². The number of carboxylic acids is 1. The van der Waals surface area contributed by atoms with Gasteiger partial charge in [-0.1, -0.05) is 36.4 Å². The molecule has 0 saturated heterocycles. The zero-order valence-electron chi connectivity index (χ0n) is 12.1. The van der Waals surface area contributed by atoms with Crippen molar-refractivity contribution in [2.24, 2.45) is 0 Å². The summed E-state index contributed by atoms with van der Waals surface area (Å²) in [4.78, 5) is 14.8. The SMILES string of the molecule is N#Cc1nc(-c2cccc3ccccc23)oc1NCCC(=O)O. The summed E-state index contributed by atoms with van der Waals surface area (Å²) in [7, 11) is 0. The third-order valence-electron chi connectivity index (χ3n) is 3.38. The maximum absolute atomic E-state index is 10.6. The van der Waals surface area contributed by atoms with E-state index in [1.54, 1.807) is 0 Å². The van der Waals surface area contributed by atoms with E-state index in [0.29, 0.717) is 5.89 Å². The molecular formula is C17H13N3O3. The van der Waals surface area contributed by atoms with Crippen LogP contribution in [0.25, 0.3) is 22.2 Å². The number of carbonyl (C=O) groups is 1. The predicted octanol–water partition coefficient (Wildman–Crippen LogP) is 3.25. The first-order chi connectivity index (χ1) is 11.2. The van der Waals surface area contributed by atoms with Gasteiger partial charge >= 0.3 is 5.97 Å². The summed E-state index contributed by atoms with van der Waals surface area (Å²) in [5.41, 5.74) is 0.893. The highest BCUT2D eigenvalue weighted by molar-refractivity contribution is 5.94. The normalized spacial score (nSPS) is 10.4. The number of hydrogen-bond donors (Lipinski definition) is 2. The van der Waals surface area contributed by atoms with Gasteiger partial charge in [0.25, 0.3) is 0 Å². The minimum Gasteiger partial charge on any atom is -0.481 e. The lowest BCUT2D eigenvalue weighted by Crippen LogP contribution is -2.07. The minimum atomic E-state index is -0.926. The van der Waals surface area contributed by atoms with E-state index in [-0.39, 0.29) is 24.5 Å². The summed E-state index contributed by atoms with van der Waals surface area (Å²) in [5, 5.41) is 22.7. The zero-order valence-corrected chi connectivity index (χ0v) is 12.1. The van der Waals surface area contributed by atoms with Gasteiger partial charge in [-0.2, -0.15) is 10.2 Å². The molecule has 0 fully saturated rings. The smallest absolute Gasteiger partial charge is 0.305 e. The number of aliphatic carboxylic acids is 1. The Bertz CT molecular complexity index is 904. The average molecular weight is 307 g/mol. The molecule has 1 aromatic heterocycles. The fraction of sp³-hybridized carbons (Fsp3) is 0.118. The number of carboxylic acid groups (broad SMARTS) is 1. The highest BCUT2D eigenvalue weighted by Gasteiger charge is 2.16. The van der Waals surface area contributed by atoms with Crippen LogP contribution in [0.5, 0.6) is 0 Å². The molecule has 3 rings (SSSR count). The van der Waals surface area contributed by atoms with E-state index in [4.69, 9.17) is 9.52 Å². The number of fused-ring (bicyclic) bond motifs is 1. The van der Waals surface area contributed by atoms with Crippen LogP contribution < -0.4 is 5.32 Å². The molecule has 23 heavy (non-hydrogen) atoms. The maximum atomic E-state index is 10.6. The number of nitrogens with one attached hydrogen (secondary N) is 1. The van der Waals surface area contributed by atoms with Crippen molar-refractivity contribution in [1.29, 1.82) is 5.26 Å². The van der Waals surface area contributed by atoms with Crippen molar-refractivity contribution in [1.82, 2.24) is 4.98 Å². The molecule has 0 bridgehead atoms. The number of benzene rings is 2. The molecule has 1 heterocycles. The Labute approximate surface area is 132 Å². The highest BCUT2D eigenvalue weighted by atomic mass is 16.4. The third-order valence-corrected chi connectivity index (χ3v) is 3.38. The van der Waals surface area contributed by atoms with E-state index in [1.807, 2.05) is 48.5 Å². The Morgan fingerprint density at radius 1 is 1.26 bits per heavy atom. The molecule has 3 aromatic rings. The molecule has 0 spiro atoms. The van der Waals surface area contributed by atoms with Crippen LogP contribution >= 0.6 is 0 Å². The lowest BCUT2D eigenvalue weighted by atomic mass is 10.0. The first-order valence-corrected chi connectivity index (χ1v) is 7.04. The highest BCUT2D eigenvalue weighted by Crippen LogP contribution is 2.31. The number of rotatable bonds is 5. The van der Waals surface area contributed by atoms with Gasteiger partial charge in [-0.05, 0) is 16.8 Å². The van der Waals surface area contributed by atoms with Crippen LogP contribution in [0.2, 0.25) is 0 Å². The molecule has 0 unspecified atom stereocenters. The van der Waals surface area contributed by atoms with Crippen LogP contribution in [0, 0.1) is 11.3 Å². The fourth-order valence-corrected chi connectivity index (χ4v) is 2.33. The molecule has 0 aliphatic carbocycles. The van der Waals surface area contributed by atoms with Crippen LogP contribution in [-0.2, 0) is 4.79 Å². The third kappa shape index (κ3) is 2.99. The van der Waals surface area contributed by atoms with E-state index in [9.17, 15) is 10.1 Å². The topological polar surface area (TPSA) is 99.2 Å². The molecule has 0 amide bonds. The molecule has 0 saturated carbocycles. The Hall–Kier alpha value is -3.33. The van der Waals surface area contributed by atoms with E-state index >= 15 is 0 Å². The van der Waals surface area contributed by atoms with Crippen LogP contribution in [0.3, 0.4) is 0 Å². The van der Waals surface area contributed by atoms with Gasteiger partial charge in [-0.15, -0.1) is 0 Å². The molecule has 6 nitrogen and oxygen atoms in total. The summed E-state index contributed by atoms with van der Waals surface area (Å²) in [6.07, 6.45) is -0.0742. The van der Waals surface area contributed by atoms with Crippen LogP contribution in [0.15, 0.2) is 46.9 Å². The summed E-state index contributed by atoms with van der Waals surface area (Å²) < 4.78 is 5.64. The molecule has 0 atom stereocenters. The molecule has 0 radical (unpaired) electrons. The number of aromatic nitrogens is 1. The number of hydrogen-bond acceptors (Lipinski definition) is 5. The maximum Gasteiger partial charge on any atom is 0.305 e. The molecule has 0 aliphatic rings. The first kappa shape index (κ1) is 14.6. The van der Waals surface area contributed by atoms with Gasteiger partial charge in [0.2, 0.25) is 17.5 Å². The monoisotopic (exact) mass is 307 g/mol. The van der Waals surface area contributed by atoms with Crippen molar-refractivity contribution < 1.29 is 14.3 Å². The summed E-state index contributed by atoms with van der Waals surface area (Å²) in [6, 6.07) is 15.5. The van der Waals surface area contributed by atoms with E-state index in [0.717, 1.165) is 16.3 Å². The van der Waals surface area contributed by atoms with Gasteiger partial charge in [-0.3, -0.25) is 4.79 Å². The lowest BCUT2D eigenvalue weighted by molar-refractivity contribution is -0.136. The predicted molar refractivity (Wildman–Crippen MR) is 84.9 cm³/mol. The van der Waals surface area contributed by atoms with Crippen molar-refractivity contribution in [3.05, 3.63) is 48.2 Å². The standard InChI is InChI=1S/C17H13N3O3/c18-10-14-17(19-9-8-15(21)22)23-16(20-14)13-7-3-5-11-4-1-2-6-12(11)13/h1-7,19H,8-9H2,(H,21,22). The number of oxazole rings is 1. The largest absolute Gasteiger partial charge is 0.481 e. The Morgan fingerprint density at radius 2 is 2.04 bits per heavy atom. The van der Waals surface area contributed by atoms with Gasteiger partial charge in [-0.25, -0.2) is 0 Å². The van der Waals surface area contributed by atoms with E-state index in [1.165, 1.54) is 0 Å². The zero-order chi connectivity index (χ0) is 16.2. The second-order valence-corrected chi connectivity index (χ2v) is 4.91. The van der Waals surface area contributed by atoms with Gasteiger partial charge in [0, 0.05) is 12.1 Å². The molecule has 2 N–H and O–H groups in total. The summed E-state index contributed by atoms with van der Waals surface area (Å²) in [5.74, 6) is -0.405. The van der Waals surface area contributed by atoms with Crippen molar-refractivity contribution in [2.75, 3.05) is 11.9 Å². The molecule has 2 aromatic carbocycles. The fourth-order valence-electron chi connectivity index (χ4n) is 2.33. The number of nitrogens with zero attached hydrogens (tertiary/aromatic N) is 2. The lowest BCUT2D eigenvalue weighted by Gasteiger charge is -2.02. The summed E-state index contributed by atoms with van der Waals surface area (Å²) >= 11 is 0. The second-order valence-electron chi connectivity index (χ2n) is 4.91. The Balaban J connectivity index is 1.98. The number of anilines is 1. The second kappa shape index (κ2) is 6.20.